The van der Waals surface area contributed by atoms with E-state index in [2.05, 4.69) is 4.98 Å². The third-order valence-corrected chi connectivity index (χ3v) is 3.16. The number of ether oxygens (including phenoxy) is 1. The van der Waals surface area contributed by atoms with Crippen LogP contribution >= 0.6 is 12.2 Å². The molecule has 0 unspecified atom stereocenters. The van der Waals surface area contributed by atoms with Crippen LogP contribution < -0.4 is 5.56 Å². The van der Waals surface area contributed by atoms with Crippen LogP contribution in [-0.2, 0) is 16.1 Å². The predicted octanol–water partition coefficient (Wildman–Crippen LogP) is 0.155. The highest BCUT2D eigenvalue weighted by Crippen LogP contribution is 2.01. The number of H-pyrrole nitrogens is 1. The highest BCUT2D eigenvalue weighted by molar-refractivity contribution is 7.71. The van der Waals surface area contributed by atoms with Crippen molar-refractivity contribution in [2.24, 2.45) is 0 Å². The Balaban J connectivity index is 1.92. The van der Waals surface area contributed by atoms with Crippen molar-refractivity contribution >= 4 is 18.1 Å². The largest absolute Gasteiger partial charge is 0.378 e. The Hall–Kier alpha value is -1.47. The van der Waals surface area contributed by atoms with Gasteiger partial charge in [0.2, 0.25) is 5.91 Å². The van der Waals surface area contributed by atoms with Gasteiger partial charge in [0.15, 0.2) is 4.77 Å². The molecular weight excluding hydrogens is 254 g/mol. The van der Waals surface area contributed by atoms with Gasteiger partial charge in [-0.3, -0.25) is 14.6 Å². The highest BCUT2D eigenvalue weighted by Gasteiger charge is 2.16. The second-order valence-corrected chi connectivity index (χ2v) is 4.43. The smallest absolute Gasteiger partial charge is 0.251 e. The molecule has 1 aliphatic heterocycles. The number of hydrogen-bond donors (Lipinski definition) is 1. The Morgan fingerprint density at radius 1 is 1.44 bits per heavy atom. The van der Waals surface area contributed by atoms with E-state index in [1.165, 1.54) is 6.07 Å². The van der Waals surface area contributed by atoms with Gasteiger partial charge in [0, 0.05) is 38.3 Å². The summed E-state index contributed by atoms with van der Waals surface area (Å²) >= 11 is 5.01. The Labute approximate surface area is 109 Å². The van der Waals surface area contributed by atoms with Crippen LogP contribution in [0.25, 0.3) is 0 Å². The minimum atomic E-state index is -0.226. The third-order valence-electron chi connectivity index (χ3n) is 2.83. The number of aryl methyl sites for hydroxylation is 1. The minimum Gasteiger partial charge on any atom is -0.378 e. The molecule has 0 bridgehead atoms. The molecule has 0 radical (unpaired) electrons. The molecule has 0 saturated carbocycles. The van der Waals surface area contributed by atoms with E-state index < -0.39 is 0 Å². The van der Waals surface area contributed by atoms with E-state index in [-0.39, 0.29) is 11.5 Å². The van der Waals surface area contributed by atoms with E-state index in [0.717, 1.165) is 0 Å². The summed E-state index contributed by atoms with van der Waals surface area (Å²) in [5, 5.41) is 0. The first-order valence-corrected chi connectivity index (χ1v) is 6.23. The van der Waals surface area contributed by atoms with Gasteiger partial charge in [0.05, 0.1) is 13.2 Å². The zero-order chi connectivity index (χ0) is 13.0. The SMILES string of the molecule is O=C(CCn1ccc(=O)[nH]c1=S)N1CCOCC1. The Morgan fingerprint density at radius 2 is 2.17 bits per heavy atom. The van der Waals surface area contributed by atoms with Crippen LogP contribution in [0.3, 0.4) is 0 Å². The maximum absolute atomic E-state index is 11.9. The number of aromatic nitrogens is 2. The van der Waals surface area contributed by atoms with Crippen LogP contribution in [-0.4, -0.2) is 46.7 Å². The van der Waals surface area contributed by atoms with Crippen molar-refractivity contribution in [3.8, 4) is 0 Å². The van der Waals surface area contributed by atoms with Crippen molar-refractivity contribution in [1.29, 1.82) is 0 Å². The summed E-state index contributed by atoms with van der Waals surface area (Å²) < 4.78 is 7.22. The first-order valence-electron chi connectivity index (χ1n) is 5.82. The van der Waals surface area contributed by atoms with Crippen molar-refractivity contribution in [2.75, 3.05) is 26.3 Å². The molecule has 18 heavy (non-hydrogen) atoms. The van der Waals surface area contributed by atoms with Crippen LogP contribution in [0.1, 0.15) is 6.42 Å². The van der Waals surface area contributed by atoms with Gasteiger partial charge >= 0.3 is 0 Å². The zero-order valence-corrected chi connectivity index (χ0v) is 10.7. The molecule has 1 amide bonds. The van der Waals surface area contributed by atoms with Gasteiger partial charge in [-0.05, 0) is 12.2 Å². The number of hydrogen-bond acceptors (Lipinski definition) is 4. The number of nitrogens with zero attached hydrogens (tertiary/aromatic N) is 2. The summed E-state index contributed by atoms with van der Waals surface area (Å²) in [7, 11) is 0. The maximum Gasteiger partial charge on any atom is 0.251 e. The summed E-state index contributed by atoms with van der Waals surface area (Å²) in [6.45, 7) is 2.98. The number of carbonyl (C=O) groups is 1. The molecule has 0 aliphatic carbocycles. The molecule has 1 aliphatic rings. The molecule has 2 heterocycles. The number of rotatable bonds is 3. The molecule has 1 N–H and O–H groups in total. The summed E-state index contributed by atoms with van der Waals surface area (Å²) in [6.07, 6.45) is 1.98. The molecule has 1 saturated heterocycles. The van der Waals surface area contributed by atoms with E-state index in [0.29, 0.717) is 44.0 Å². The van der Waals surface area contributed by atoms with Crippen LogP contribution in [0, 0.1) is 4.77 Å². The Morgan fingerprint density at radius 3 is 2.83 bits per heavy atom. The van der Waals surface area contributed by atoms with Crippen molar-refractivity contribution in [2.45, 2.75) is 13.0 Å². The summed E-state index contributed by atoms with van der Waals surface area (Å²) in [5.41, 5.74) is -0.226. The van der Waals surface area contributed by atoms with Crippen molar-refractivity contribution in [3.63, 3.8) is 0 Å². The molecule has 0 atom stereocenters. The molecule has 2 rings (SSSR count). The summed E-state index contributed by atoms with van der Waals surface area (Å²) in [4.78, 5) is 27.2. The van der Waals surface area contributed by atoms with E-state index in [1.807, 2.05) is 0 Å². The average molecular weight is 269 g/mol. The van der Waals surface area contributed by atoms with Crippen LogP contribution in [0.2, 0.25) is 0 Å². The molecule has 1 aromatic heterocycles. The fourth-order valence-corrected chi connectivity index (χ4v) is 2.06. The van der Waals surface area contributed by atoms with E-state index >= 15 is 0 Å². The zero-order valence-electron chi connectivity index (χ0n) is 9.92. The standard InChI is InChI=1S/C11H15N3O3S/c15-9-1-3-14(11(18)12-9)4-2-10(16)13-5-7-17-8-6-13/h1,3H,2,4-8H2,(H,12,15,18). The van der Waals surface area contributed by atoms with E-state index in [1.54, 1.807) is 15.7 Å². The highest BCUT2D eigenvalue weighted by atomic mass is 32.1. The van der Waals surface area contributed by atoms with Gasteiger partial charge in [0.1, 0.15) is 0 Å². The summed E-state index contributed by atoms with van der Waals surface area (Å²) in [5.74, 6) is 0.0893. The first kappa shape index (κ1) is 13.0. The number of morpholine rings is 1. The quantitative estimate of drug-likeness (QED) is 0.793. The molecule has 1 fully saturated rings. The van der Waals surface area contributed by atoms with Crippen LogP contribution in [0.15, 0.2) is 17.1 Å². The second kappa shape index (κ2) is 5.92. The normalized spacial score (nSPS) is 15.7. The fraction of sp³-hybridized carbons (Fsp3) is 0.545. The first-order chi connectivity index (χ1) is 8.66. The lowest BCUT2D eigenvalue weighted by atomic mass is 10.3. The van der Waals surface area contributed by atoms with E-state index in [9.17, 15) is 9.59 Å². The van der Waals surface area contributed by atoms with Gasteiger partial charge < -0.3 is 14.2 Å². The lowest BCUT2D eigenvalue weighted by molar-refractivity contribution is -0.135. The van der Waals surface area contributed by atoms with E-state index in [4.69, 9.17) is 17.0 Å². The van der Waals surface area contributed by atoms with Crippen molar-refractivity contribution in [1.82, 2.24) is 14.5 Å². The number of aromatic amines is 1. The predicted molar refractivity (Wildman–Crippen MR) is 67.9 cm³/mol. The molecule has 98 valence electrons. The van der Waals surface area contributed by atoms with Crippen molar-refractivity contribution < 1.29 is 9.53 Å². The summed E-state index contributed by atoms with van der Waals surface area (Å²) in [6, 6.07) is 1.40. The van der Waals surface area contributed by atoms with Gasteiger partial charge in [0.25, 0.3) is 5.56 Å². The van der Waals surface area contributed by atoms with Gasteiger partial charge in [-0.25, -0.2) is 0 Å². The molecule has 6 nitrogen and oxygen atoms in total. The molecule has 0 aromatic carbocycles. The second-order valence-electron chi connectivity index (χ2n) is 4.05. The van der Waals surface area contributed by atoms with Crippen molar-refractivity contribution in [3.05, 3.63) is 27.4 Å². The van der Waals surface area contributed by atoms with Gasteiger partial charge in [-0.2, -0.15) is 0 Å². The number of nitrogens with one attached hydrogen (secondary N) is 1. The molecule has 7 heteroatoms. The molecule has 0 spiro atoms. The van der Waals surface area contributed by atoms with Gasteiger partial charge in [-0.1, -0.05) is 0 Å². The average Bonchev–Trinajstić information content (AvgIpc) is 2.38. The van der Waals surface area contributed by atoms with Gasteiger partial charge in [-0.15, -0.1) is 0 Å². The number of amides is 1. The molecular formula is C11H15N3O3S. The third kappa shape index (κ3) is 3.27. The monoisotopic (exact) mass is 269 g/mol. The molecule has 1 aromatic rings. The van der Waals surface area contributed by atoms with Crippen LogP contribution in [0.5, 0.6) is 0 Å². The fourth-order valence-electron chi connectivity index (χ4n) is 1.81. The van der Waals surface area contributed by atoms with Crippen LogP contribution in [0.4, 0.5) is 0 Å². The number of carbonyl (C=O) groups excluding carboxylic acids is 1. The lowest BCUT2D eigenvalue weighted by Gasteiger charge is -2.26. The maximum atomic E-state index is 11.9. The Bertz CT molecular complexity index is 531. The lowest BCUT2D eigenvalue weighted by Crippen LogP contribution is -2.41. The topological polar surface area (TPSA) is 67.3 Å². The Kier molecular flexibility index (Phi) is 4.27. The minimum absolute atomic E-state index is 0.0893.